The first-order valence-electron chi connectivity index (χ1n) is 30.8. The number of carbonyl (C=O) groups is 4. The molecule has 2 aromatic carbocycles. The molecule has 0 radical (unpaired) electrons. The number of nitrogens with zero attached hydrogens (tertiary/aromatic N) is 6. The number of thioether (sulfide) groups is 3. The van der Waals surface area contributed by atoms with Gasteiger partial charge in [0.05, 0.1) is 34.1 Å². The number of nitrogens with two attached hydrogens (primary N) is 2. The van der Waals surface area contributed by atoms with Crippen LogP contribution in [-0.2, 0) is 50.9 Å². The summed E-state index contributed by atoms with van der Waals surface area (Å²) in [5, 5.41) is 69.2. The summed E-state index contributed by atoms with van der Waals surface area (Å²) in [5.41, 5.74) is 13.1. The summed E-state index contributed by atoms with van der Waals surface area (Å²) in [7, 11) is 9.00. The molecule has 9 N–H and O–H groups in total. The Morgan fingerprint density at radius 2 is 1.13 bits per heavy atom. The molecule has 26 nitrogen and oxygen atoms in total. The van der Waals surface area contributed by atoms with E-state index in [2.05, 4.69) is 101 Å². The number of carboxylic acids is 1. The summed E-state index contributed by atoms with van der Waals surface area (Å²) in [4.78, 5) is 77.8. The van der Waals surface area contributed by atoms with Crippen molar-refractivity contribution in [2.75, 3.05) is 77.5 Å². The molecule has 0 aliphatic carbocycles. The van der Waals surface area contributed by atoms with Gasteiger partial charge in [0.25, 0.3) is 0 Å². The SMILES string of the molecule is C1CSCN1.CC(C)(C)OC(=N)[O-].CC(C)(C)OC(=N)[O-].CCC(Cc1ccccc1)NC(=O)OC(C)(C)C.NC(CSSCC(N)C(=O)N1CCSC1)Cc1ccccc1.O=C(CCSSc1ncccc1[N+](=O)[O-])N1CCSC1.O=C(O)CCSSc1ncccc1[N+](=O)[O-].[I][V][I]. The monoisotopic (exact) mass is 1820 g/mol. The second-order valence-corrected chi connectivity index (χ2v) is 45.8. The number of pyridine rings is 2. The van der Waals surface area contributed by atoms with Crippen LogP contribution in [-0.4, -0.2) is 183 Å². The zero-order valence-corrected chi connectivity index (χ0v) is 70.7. The van der Waals surface area contributed by atoms with Gasteiger partial charge in [0, 0.05) is 120 Å². The van der Waals surface area contributed by atoms with Gasteiger partial charge in [0.2, 0.25) is 11.8 Å². The first-order chi connectivity index (χ1) is 47.1. The van der Waals surface area contributed by atoms with Crippen molar-refractivity contribution in [1.82, 2.24) is 30.4 Å². The van der Waals surface area contributed by atoms with Gasteiger partial charge in [-0.05, 0) is 84.9 Å². The number of amides is 3. The number of carboxylic acid groups (broad SMARTS) is 1. The number of aromatic nitrogens is 2. The molecule has 3 fully saturated rings. The fourth-order valence-corrected chi connectivity index (χ4v) is 16.1. The van der Waals surface area contributed by atoms with Crippen LogP contribution in [0.3, 0.4) is 0 Å². The fraction of sp³-hybridized carbons (Fsp3) is 0.548. The van der Waals surface area contributed by atoms with Crippen molar-refractivity contribution >= 4 is 187 Å². The number of ether oxygens (including phenoxy) is 3. The maximum absolute atomic E-state index is 12.1. The Morgan fingerprint density at radius 3 is 1.50 bits per heavy atom. The van der Waals surface area contributed by atoms with Crippen LogP contribution < -0.4 is 32.3 Å². The van der Waals surface area contributed by atoms with E-state index in [1.807, 2.05) is 78.7 Å². The van der Waals surface area contributed by atoms with Gasteiger partial charge in [0.15, 0.2) is 10.1 Å². The minimum absolute atomic E-state index is 0.00673. The van der Waals surface area contributed by atoms with Crippen molar-refractivity contribution in [3.05, 3.63) is 129 Å². The van der Waals surface area contributed by atoms with Crippen molar-refractivity contribution in [1.29, 1.82) is 10.8 Å². The van der Waals surface area contributed by atoms with Crippen molar-refractivity contribution in [3.63, 3.8) is 0 Å². The molecule has 3 aliphatic rings. The van der Waals surface area contributed by atoms with E-state index < -0.39 is 50.8 Å². The van der Waals surface area contributed by atoms with Crippen LogP contribution in [0.2, 0.25) is 0 Å². The maximum atomic E-state index is 12.1. The molecule has 3 aliphatic heterocycles. The van der Waals surface area contributed by atoms with E-state index in [0.29, 0.717) is 43.2 Å². The molecule has 7 rings (SSSR count). The zero-order valence-electron chi connectivity index (χ0n) is 57.7. The summed E-state index contributed by atoms with van der Waals surface area (Å²) in [6, 6.07) is 26.1. The second-order valence-electron chi connectivity index (χ2n) is 23.4. The number of nitrogens with one attached hydrogen (secondary N) is 4. The standard InChI is InChI=1S/C15H23N3OS3.C15H23NO2.C11H13N3O3S3.C8H8N2O4S2.2C5H11NO2.C3H7NS.2HI.V/c16-13(8-12-4-2-1-3-5-12)9-21-22-10-14(17)15(19)18-6-7-20-11-18;1-5-13(11-12-9-7-6-8-10-12)16-14(17)18-15(2,3)4;15-10(13-5-7-18-8-13)3-6-19-20-11-9(14(16)17)2-1-4-12-11;11-7(12)3-5-15-16-8-6(10(13)14)2-1-4-9-8;2*1-5(2,3)8-4(6)7;1-2-5-3-4-1;;;/h1-5,13-14H,6-11,16-17H2;6-10,13H,5,11H2,1-4H3,(H,16,17);1-2,4H,3,5-8H2;1-2,4H,3,5H2,(H,11,12);2*1-3H3,(H2,6,7);4H,1-3H2;2*1H;/q;;;;;;;;;+2/p-4. The van der Waals surface area contributed by atoms with Gasteiger partial charge in [-0.3, -0.25) is 45.4 Å². The zero-order chi connectivity index (χ0) is 75.5. The number of alkyl carbamates (subject to hydrolysis) is 1. The molecular weight excluding hydrogens is 1730 g/mol. The van der Waals surface area contributed by atoms with Gasteiger partial charge >= 0.3 is 72.9 Å². The van der Waals surface area contributed by atoms with Crippen molar-refractivity contribution in [2.24, 2.45) is 11.5 Å². The molecule has 3 unspecified atom stereocenters. The molecule has 3 amide bonds. The number of aliphatic carboxylic acids is 1. The third-order valence-corrected chi connectivity index (χ3v) is 21.3. The molecule has 0 bridgehead atoms. The van der Waals surface area contributed by atoms with Crippen LogP contribution in [0.5, 0.6) is 0 Å². The Hall–Kier alpha value is -3.17. The number of carbonyl (C=O) groups excluding carboxylic acids is 3. The number of rotatable bonds is 24. The molecule has 38 heteroatoms. The summed E-state index contributed by atoms with van der Waals surface area (Å²) < 4.78 is 14.2. The fourth-order valence-electron chi connectivity index (χ4n) is 7.11. The molecule has 4 aromatic rings. The van der Waals surface area contributed by atoms with E-state index in [1.165, 1.54) is 92.3 Å². The van der Waals surface area contributed by atoms with Crippen molar-refractivity contribution in [2.45, 2.75) is 146 Å². The van der Waals surface area contributed by atoms with Crippen molar-refractivity contribution in [3.8, 4) is 0 Å². The number of hydrogen-bond donors (Lipinski definition) is 7. The summed E-state index contributed by atoms with van der Waals surface area (Å²) >= 11 is 10.2. The van der Waals surface area contributed by atoms with Crippen molar-refractivity contribution < 1.29 is 68.0 Å². The third-order valence-electron chi connectivity index (χ3n) is 11.4. The van der Waals surface area contributed by atoms with Crippen LogP contribution >= 0.6 is 140 Å². The average molecular weight is 1820 g/mol. The summed E-state index contributed by atoms with van der Waals surface area (Å²) in [6.07, 6.45) is 3.78. The minimum atomic E-state index is -0.975. The molecule has 5 heterocycles. The molecule has 0 saturated carbocycles. The Bertz CT molecular complexity index is 2940. The molecule has 0 spiro atoms. The average Bonchev–Trinajstić information content (AvgIpc) is 1.01. The van der Waals surface area contributed by atoms with E-state index in [0.717, 1.165) is 72.2 Å². The number of hydrogen-bond acceptors (Lipinski definition) is 29. The Balaban J connectivity index is 0.00000118. The Labute approximate surface area is 654 Å². The van der Waals surface area contributed by atoms with Crippen LogP contribution in [0, 0.1) is 31.0 Å². The number of nitro groups is 2. The van der Waals surface area contributed by atoms with Crippen LogP contribution in [0.1, 0.15) is 99.6 Å². The predicted molar refractivity (Wildman–Crippen MR) is 428 cm³/mol. The summed E-state index contributed by atoms with van der Waals surface area (Å²) in [6.45, 7) is 20.9. The van der Waals surface area contributed by atoms with E-state index >= 15 is 0 Å². The number of halogens is 2. The van der Waals surface area contributed by atoms with E-state index in [4.69, 9.17) is 32.1 Å². The third kappa shape index (κ3) is 54.5. The van der Waals surface area contributed by atoms with Crippen LogP contribution in [0.4, 0.5) is 16.2 Å². The van der Waals surface area contributed by atoms with Gasteiger partial charge in [-0.15, -0.1) is 35.3 Å². The first-order valence-corrected chi connectivity index (χ1v) is 50.4. The Morgan fingerprint density at radius 1 is 0.680 bits per heavy atom. The van der Waals surface area contributed by atoms with E-state index in [-0.39, 0.29) is 47.8 Å². The van der Waals surface area contributed by atoms with Gasteiger partial charge < -0.3 is 61.4 Å². The predicted octanol–water partition coefficient (Wildman–Crippen LogP) is 12.4. The van der Waals surface area contributed by atoms with Gasteiger partial charge in [-0.25, -0.2) is 14.8 Å². The second kappa shape index (κ2) is 57.1. The van der Waals surface area contributed by atoms with Gasteiger partial charge in [-0.1, -0.05) is 152 Å². The number of benzene rings is 2. The first kappa shape index (κ1) is 96.8. The van der Waals surface area contributed by atoms with Gasteiger partial charge in [-0.2, -0.15) is 0 Å². The van der Waals surface area contributed by atoms with E-state index in [1.54, 1.807) is 92.7 Å². The molecule has 2 aromatic heterocycles. The summed E-state index contributed by atoms with van der Waals surface area (Å²) in [5.74, 6) is 7.92. The molecule has 3 atom stereocenters. The van der Waals surface area contributed by atoms with E-state index in [9.17, 15) is 49.6 Å². The van der Waals surface area contributed by atoms with Gasteiger partial charge in [0.1, 0.15) is 17.8 Å². The van der Waals surface area contributed by atoms with Crippen LogP contribution in [0.25, 0.3) is 0 Å². The Kier molecular flexibility index (Phi) is 55.3. The topological polar surface area (TPSA) is 405 Å². The molecular formula is C62H94I2N12O14S9V-2. The van der Waals surface area contributed by atoms with Crippen LogP contribution in [0.15, 0.2) is 107 Å². The molecule has 100 heavy (non-hydrogen) atoms. The molecule has 561 valence electrons. The molecule has 3 saturated heterocycles. The normalized spacial score (nSPS) is 13.7. The quantitative estimate of drug-likeness (QED) is 0.00651.